The molecule has 2 heterocycles. The van der Waals surface area contributed by atoms with Crippen molar-refractivity contribution in [2.45, 2.75) is 52.1 Å². The second-order valence-corrected chi connectivity index (χ2v) is 6.44. The Morgan fingerprint density at radius 3 is 2.83 bits per heavy atom. The molecule has 3 rings (SSSR count). The number of aromatic amines is 1. The van der Waals surface area contributed by atoms with Gasteiger partial charge in [-0.1, -0.05) is 19.8 Å². The SMILES string of the molecule is CCn1c(=O)[nH]c(=O)c2cc(C(=O)N[C@@H]3CCCC[C@@H]3C)cnc21. The van der Waals surface area contributed by atoms with E-state index in [1.807, 2.05) is 0 Å². The first-order chi connectivity index (χ1) is 11.5. The third-order valence-electron chi connectivity index (χ3n) is 4.84. The first-order valence-corrected chi connectivity index (χ1v) is 8.45. The molecule has 0 bridgehead atoms. The standard InChI is InChI=1S/C17H22N4O3/c1-3-21-14-12(16(23)20-17(21)24)8-11(9-18-14)15(22)19-13-7-5-4-6-10(13)2/h8-10,13H,3-7H2,1-2H3,(H,19,22)(H,20,23,24)/t10-,13+/m0/s1. The summed E-state index contributed by atoms with van der Waals surface area (Å²) in [5.74, 6) is 0.224. The minimum atomic E-state index is -0.520. The Balaban J connectivity index is 1.94. The third kappa shape index (κ3) is 2.98. The Bertz CT molecular complexity index is 884. The summed E-state index contributed by atoms with van der Waals surface area (Å²) < 4.78 is 1.38. The number of fused-ring (bicyclic) bond motifs is 1. The predicted molar refractivity (Wildman–Crippen MR) is 91.2 cm³/mol. The molecule has 128 valence electrons. The van der Waals surface area contributed by atoms with Gasteiger partial charge in [-0.2, -0.15) is 0 Å². The summed E-state index contributed by atoms with van der Waals surface area (Å²) >= 11 is 0. The molecule has 0 spiro atoms. The molecule has 2 aromatic heterocycles. The van der Waals surface area contributed by atoms with Crippen molar-refractivity contribution >= 4 is 16.9 Å². The van der Waals surface area contributed by atoms with Gasteiger partial charge in [-0.15, -0.1) is 0 Å². The molecule has 1 aliphatic carbocycles. The summed E-state index contributed by atoms with van der Waals surface area (Å²) in [6.45, 7) is 4.34. The van der Waals surface area contributed by atoms with Crippen molar-refractivity contribution in [1.82, 2.24) is 19.9 Å². The zero-order valence-corrected chi connectivity index (χ0v) is 14.0. The molecule has 0 saturated heterocycles. The molecular formula is C17H22N4O3. The molecule has 0 unspecified atom stereocenters. The third-order valence-corrected chi connectivity index (χ3v) is 4.84. The number of nitrogens with zero attached hydrogens (tertiary/aromatic N) is 2. The van der Waals surface area contributed by atoms with Crippen molar-refractivity contribution in [3.63, 3.8) is 0 Å². The van der Waals surface area contributed by atoms with Crippen LogP contribution < -0.4 is 16.6 Å². The van der Waals surface area contributed by atoms with Crippen LogP contribution in [-0.4, -0.2) is 26.5 Å². The van der Waals surface area contributed by atoms with Gasteiger partial charge in [0.15, 0.2) is 0 Å². The van der Waals surface area contributed by atoms with E-state index >= 15 is 0 Å². The van der Waals surface area contributed by atoms with E-state index in [-0.39, 0.29) is 17.3 Å². The number of rotatable bonds is 3. The fourth-order valence-corrected chi connectivity index (χ4v) is 3.37. The van der Waals surface area contributed by atoms with E-state index in [9.17, 15) is 14.4 Å². The maximum absolute atomic E-state index is 12.5. The Morgan fingerprint density at radius 2 is 2.12 bits per heavy atom. The topological polar surface area (TPSA) is 96.9 Å². The highest BCUT2D eigenvalue weighted by atomic mass is 16.2. The van der Waals surface area contributed by atoms with Gasteiger partial charge in [-0.3, -0.25) is 19.1 Å². The molecule has 0 aliphatic heterocycles. The molecule has 1 aliphatic rings. The summed E-state index contributed by atoms with van der Waals surface area (Å²) in [5.41, 5.74) is -0.371. The monoisotopic (exact) mass is 330 g/mol. The highest BCUT2D eigenvalue weighted by Gasteiger charge is 2.23. The molecule has 7 nitrogen and oxygen atoms in total. The van der Waals surface area contributed by atoms with Crippen LogP contribution in [0, 0.1) is 5.92 Å². The van der Waals surface area contributed by atoms with Crippen LogP contribution in [0.3, 0.4) is 0 Å². The van der Waals surface area contributed by atoms with Crippen LogP contribution in [0.4, 0.5) is 0 Å². The Hall–Kier alpha value is -2.44. The van der Waals surface area contributed by atoms with E-state index in [0.29, 0.717) is 23.7 Å². The molecular weight excluding hydrogens is 308 g/mol. The molecule has 2 aromatic rings. The zero-order chi connectivity index (χ0) is 17.3. The van der Waals surface area contributed by atoms with Crippen molar-refractivity contribution in [3.05, 3.63) is 38.7 Å². The Labute approximate surface area is 139 Å². The van der Waals surface area contributed by atoms with E-state index in [4.69, 9.17) is 0 Å². The minimum absolute atomic E-state index is 0.157. The summed E-state index contributed by atoms with van der Waals surface area (Å²) in [4.78, 5) is 42.8. The number of hydrogen-bond acceptors (Lipinski definition) is 4. The number of aromatic nitrogens is 3. The second-order valence-electron chi connectivity index (χ2n) is 6.44. The molecule has 2 N–H and O–H groups in total. The largest absolute Gasteiger partial charge is 0.349 e. The lowest BCUT2D eigenvalue weighted by molar-refractivity contribution is 0.0910. The molecule has 2 atom stereocenters. The molecule has 1 saturated carbocycles. The van der Waals surface area contributed by atoms with E-state index in [1.54, 1.807) is 6.92 Å². The van der Waals surface area contributed by atoms with Crippen molar-refractivity contribution in [2.24, 2.45) is 5.92 Å². The summed E-state index contributed by atoms with van der Waals surface area (Å²) in [6.07, 6.45) is 5.84. The lowest BCUT2D eigenvalue weighted by Gasteiger charge is -2.29. The normalized spacial score (nSPS) is 20.9. The van der Waals surface area contributed by atoms with Gasteiger partial charge in [-0.05, 0) is 31.7 Å². The highest BCUT2D eigenvalue weighted by Crippen LogP contribution is 2.24. The van der Waals surface area contributed by atoms with Crippen LogP contribution in [-0.2, 0) is 6.54 Å². The average Bonchev–Trinajstić information content (AvgIpc) is 2.57. The molecule has 0 aromatic carbocycles. The Morgan fingerprint density at radius 1 is 1.38 bits per heavy atom. The highest BCUT2D eigenvalue weighted by molar-refractivity contribution is 5.96. The molecule has 7 heteroatoms. The van der Waals surface area contributed by atoms with E-state index in [1.165, 1.54) is 23.3 Å². The van der Waals surface area contributed by atoms with Crippen molar-refractivity contribution in [3.8, 4) is 0 Å². The summed E-state index contributed by atoms with van der Waals surface area (Å²) in [7, 11) is 0. The van der Waals surface area contributed by atoms with Gasteiger partial charge >= 0.3 is 5.69 Å². The van der Waals surface area contributed by atoms with Crippen molar-refractivity contribution in [2.75, 3.05) is 0 Å². The number of carbonyl (C=O) groups is 1. The number of H-pyrrole nitrogens is 1. The second kappa shape index (κ2) is 6.59. The lowest BCUT2D eigenvalue weighted by Crippen LogP contribution is -2.41. The first-order valence-electron chi connectivity index (χ1n) is 8.45. The Kier molecular flexibility index (Phi) is 4.51. The fraction of sp³-hybridized carbons (Fsp3) is 0.529. The number of carbonyl (C=O) groups excluding carboxylic acids is 1. The summed E-state index contributed by atoms with van der Waals surface area (Å²) in [5, 5.41) is 3.30. The molecule has 0 radical (unpaired) electrons. The van der Waals surface area contributed by atoms with Gasteiger partial charge in [0.25, 0.3) is 11.5 Å². The smallest absolute Gasteiger partial charge is 0.329 e. The van der Waals surface area contributed by atoms with Crippen LogP contribution in [0.15, 0.2) is 21.9 Å². The van der Waals surface area contributed by atoms with Gasteiger partial charge in [0.05, 0.1) is 10.9 Å². The number of hydrogen-bond donors (Lipinski definition) is 2. The van der Waals surface area contributed by atoms with E-state index < -0.39 is 11.2 Å². The maximum atomic E-state index is 12.5. The van der Waals surface area contributed by atoms with Crippen LogP contribution in [0.2, 0.25) is 0 Å². The van der Waals surface area contributed by atoms with Gasteiger partial charge in [-0.25, -0.2) is 9.78 Å². The van der Waals surface area contributed by atoms with Crippen LogP contribution in [0.25, 0.3) is 11.0 Å². The first kappa shape index (κ1) is 16.4. The summed E-state index contributed by atoms with van der Waals surface area (Å²) in [6, 6.07) is 1.67. The van der Waals surface area contributed by atoms with Crippen LogP contribution >= 0.6 is 0 Å². The molecule has 1 amide bonds. The van der Waals surface area contributed by atoms with Crippen LogP contribution in [0.1, 0.15) is 49.9 Å². The van der Waals surface area contributed by atoms with Gasteiger partial charge in [0.2, 0.25) is 0 Å². The molecule has 24 heavy (non-hydrogen) atoms. The van der Waals surface area contributed by atoms with Gasteiger partial charge in [0.1, 0.15) is 5.65 Å². The number of nitrogens with one attached hydrogen (secondary N) is 2. The maximum Gasteiger partial charge on any atom is 0.329 e. The minimum Gasteiger partial charge on any atom is -0.349 e. The van der Waals surface area contributed by atoms with Crippen LogP contribution in [0.5, 0.6) is 0 Å². The van der Waals surface area contributed by atoms with Crippen molar-refractivity contribution < 1.29 is 4.79 Å². The zero-order valence-electron chi connectivity index (χ0n) is 14.0. The van der Waals surface area contributed by atoms with Gasteiger partial charge < -0.3 is 5.32 Å². The number of aryl methyl sites for hydroxylation is 1. The van der Waals surface area contributed by atoms with E-state index in [0.717, 1.165) is 19.3 Å². The predicted octanol–water partition coefficient (Wildman–Crippen LogP) is 1.41. The number of pyridine rings is 1. The molecule has 1 fully saturated rings. The van der Waals surface area contributed by atoms with Crippen molar-refractivity contribution in [1.29, 1.82) is 0 Å². The average molecular weight is 330 g/mol. The fourth-order valence-electron chi connectivity index (χ4n) is 3.37. The van der Waals surface area contributed by atoms with Gasteiger partial charge in [0, 0.05) is 18.8 Å². The number of amides is 1. The van der Waals surface area contributed by atoms with E-state index in [2.05, 4.69) is 22.2 Å². The lowest BCUT2D eigenvalue weighted by atomic mass is 9.86. The quantitative estimate of drug-likeness (QED) is 0.889.